The van der Waals surface area contributed by atoms with Gasteiger partial charge in [-0.3, -0.25) is 14.6 Å². The minimum Gasteiger partial charge on any atom is -0.322 e. The van der Waals surface area contributed by atoms with Crippen LogP contribution in [0.5, 0.6) is 0 Å². The Morgan fingerprint density at radius 3 is 2.54 bits per heavy atom. The second-order valence-corrected chi connectivity index (χ2v) is 6.64. The molecule has 6 heteroatoms. The topological polar surface area (TPSA) is 48.5 Å². The molecule has 0 spiro atoms. The summed E-state index contributed by atoms with van der Waals surface area (Å²) in [4.78, 5) is 20.7. The van der Waals surface area contributed by atoms with Crippen LogP contribution in [0.4, 0.5) is 5.69 Å². The van der Waals surface area contributed by atoms with Crippen molar-refractivity contribution in [1.82, 2.24) is 14.8 Å². The first-order valence-electron chi connectivity index (χ1n) is 8.77. The molecule has 2 heterocycles. The molecule has 1 N–H and O–H groups in total. The van der Waals surface area contributed by atoms with Crippen molar-refractivity contribution in [2.45, 2.75) is 0 Å². The lowest BCUT2D eigenvalue weighted by molar-refractivity contribution is -0.117. The van der Waals surface area contributed by atoms with Gasteiger partial charge in [-0.25, -0.2) is 4.98 Å². The molecule has 0 aliphatic carbocycles. The van der Waals surface area contributed by atoms with E-state index < -0.39 is 0 Å². The van der Waals surface area contributed by atoms with Crippen LogP contribution in [0.1, 0.15) is 5.56 Å². The maximum atomic E-state index is 12.2. The van der Waals surface area contributed by atoms with Crippen LogP contribution in [0.25, 0.3) is 6.08 Å². The highest BCUT2D eigenvalue weighted by atomic mass is 35.5. The van der Waals surface area contributed by atoms with Crippen LogP contribution in [0.2, 0.25) is 5.15 Å². The predicted octanol–water partition coefficient (Wildman–Crippen LogP) is 3.00. The lowest BCUT2D eigenvalue weighted by Gasteiger charge is -2.33. The summed E-state index contributed by atoms with van der Waals surface area (Å²) < 4.78 is 0. The van der Waals surface area contributed by atoms with E-state index in [2.05, 4.69) is 44.4 Å². The summed E-state index contributed by atoms with van der Waals surface area (Å²) >= 11 is 5.97. The van der Waals surface area contributed by atoms with Gasteiger partial charge in [0.2, 0.25) is 5.91 Å². The highest BCUT2D eigenvalue weighted by molar-refractivity contribution is 6.32. The van der Waals surface area contributed by atoms with Crippen molar-refractivity contribution in [3.05, 3.63) is 65.5 Å². The number of benzene rings is 1. The monoisotopic (exact) mass is 370 g/mol. The van der Waals surface area contributed by atoms with E-state index in [1.807, 2.05) is 18.2 Å². The highest BCUT2D eigenvalue weighted by Gasteiger charge is 2.18. The largest absolute Gasteiger partial charge is 0.322 e. The van der Waals surface area contributed by atoms with Gasteiger partial charge in [0.25, 0.3) is 0 Å². The lowest BCUT2D eigenvalue weighted by atomic mass is 10.2. The second kappa shape index (κ2) is 9.48. The molecular formula is C20H23ClN4O. The molecule has 1 fully saturated rings. The second-order valence-electron chi connectivity index (χ2n) is 6.28. The summed E-state index contributed by atoms with van der Waals surface area (Å²) in [5, 5.41) is 3.14. The van der Waals surface area contributed by atoms with Crippen molar-refractivity contribution in [3.63, 3.8) is 0 Å². The summed E-state index contributed by atoms with van der Waals surface area (Å²) in [6, 6.07) is 13.8. The molecule has 0 bridgehead atoms. The molecule has 1 aliphatic heterocycles. The van der Waals surface area contributed by atoms with Gasteiger partial charge in [-0.1, -0.05) is 54.1 Å². The first kappa shape index (κ1) is 18.6. The third-order valence-electron chi connectivity index (χ3n) is 4.34. The number of amides is 1. The summed E-state index contributed by atoms with van der Waals surface area (Å²) in [6.07, 6.45) is 5.95. The number of halogens is 1. The van der Waals surface area contributed by atoms with Crippen molar-refractivity contribution in [2.75, 3.05) is 44.6 Å². The van der Waals surface area contributed by atoms with E-state index in [-0.39, 0.29) is 5.91 Å². The van der Waals surface area contributed by atoms with Crippen molar-refractivity contribution in [1.29, 1.82) is 0 Å². The summed E-state index contributed by atoms with van der Waals surface area (Å²) in [6.45, 7) is 4.99. The normalized spacial score (nSPS) is 16.0. The number of piperazine rings is 1. The Morgan fingerprint density at radius 1 is 1.08 bits per heavy atom. The lowest BCUT2D eigenvalue weighted by Crippen LogP contribution is -2.48. The number of anilines is 1. The Labute approximate surface area is 159 Å². The quantitative estimate of drug-likeness (QED) is 0.794. The van der Waals surface area contributed by atoms with E-state index >= 15 is 0 Å². The van der Waals surface area contributed by atoms with Gasteiger partial charge in [-0.05, 0) is 17.7 Å². The van der Waals surface area contributed by atoms with Gasteiger partial charge in [0.1, 0.15) is 0 Å². The molecule has 0 unspecified atom stereocenters. The Balaban J connectivity index is 1.39. The third kappa shape index (κ3) is 5.66. The molecule has 1 amide bonds. The fraction of sp³-hybridized carbons (Fsp3) is 0.300. The van der Waals surface area contributed by atoms with Crippen molar-refractivity contribution in [2.24, 2.45) is 0 Å². The van der Waals surface area contributed by atoms with Crippen LogP contribution >= 0.6 is 11.6 Å². The number of carbonyl (C=O) groups is 1. The zero-order valence-electron chi connectivity index (χ0n) is 14.6. The molecule has 0 radical (unpaired) electrons. The van der Waals surface area contributed by atoms with E-state index in [0.29, 0.717) is 17.4 Å². The van der Waals surface area contributed by atoms with Crippen LogP contribution in [0.3, 0.4) is 0 Å². The molecule has 1 saturated heterocycles. The van der Waals surface area contributed by atoms with Crippen molar-refractivity contribution >= 4 is 29.3 Å². The number of hydrogen-bond donors (Lipinski definition) is 1. The maximum Gasteiger partial charge on any atom is 0.238 e. The van der Waals surface area contributed by atoms with E-state index in [1.165, 1.54) is 5.56 Å². The van der Waals surface area contributed by atoms with Crippen LogP contribution in [-0.4, -0.2) is 60.0 Å². The number of hydrogen-bond acceptors (Lipinski definition) is 4. The minimum absolute atomic E-state index is 0.0580. The van der Waals surface area contributed by atoms with Gasteiger partial charge in [-0.2, -0.15) is 0 Å². The fourth-order valence-electron chi connectivity index (χ4n) is 2.90. The van der Waals surface area contributed by atoms with Crippen molar-refractivity contribution < 1.29 is 4.79 Å². The third-order valence-corrected chi connectivity index (χ3v) is 4.64. The Bertz CT molecular complexity index is 742. The number of carbonyl (C=O) groups excluding carboxylic acids is 1. The molecule has 0 saturated carbocycles. The van der Waals surface area contributed by atoms with Gasteiger partial charge in [0.15, 0.2) is 5.15 Å². The average molecular weight is 371 g/mol. The van der Waals surface area contributed by atoms with Crippen LogP contribution in [-0.2, 0) is 4.79 Å². The molecule has 136 valence electrons. The molecule has 1 aromatic carbocycles. The summed E-state index contributed by atoms with van der Waals surface area (Å²) in [7, 11) is 0. The Kier molecular flexibility index (Phi) is 6.77. The van der Waals surface area contributed by atoms with E-state index in [0.717, 1.165) is 32.7 Å². The van der Waals surface area contributed by atoms with E-state index in [4.69, 9.17) is 11.6 Å². The molecular weight excluding hydrogens is 348 g/mol. The number of nitrogens with zero attached hydrogens (tertiary/aromatic N) is 3. The smallest absolute Gasteiger partial charge is 0.238 e. The molecule has 2 aromatic rings. The Morgan fingerprint density at radius 2 is 1.81 bits per heavy atom. The minimum atomic E-state index is -0.0580. The average Bonchev–Trinajstić information content (AvgIpc) is 2.66. The van der Waals surface area contributed by atoms with Crippen LogP contribution < -0.4 is 5.32 Å². The van der Waals surface area contributed by atoms with Gasteiger partial charge in [0.05, 0.1) is 12.2 Å². The number of rotatable bonds is 6. The van der Waals surface area contributed by atoms with Gasteiger partial charge in [-0.15, -0.1) is 0 Å². The number of nitrogens with one attached hydrogen (secondary N) is 1. The summed E-state index contributed by atoms with van der Waals surface area (Å²) in [5.41, 5.74) is 1.78. The molecule has 0 atom stereocenters. The summed E-state index contributed by atoms with van der Waals surface area (Å²) in [5.74, 6) is -0.0580. The molecule has 3 rings (SSSR count). The molecule has 1 aromatic heterocycles. The highest BCUT2D eigenvalue weighted by Crippen LogP contribution is 2.17. The van der Waals surface area contributed by atoms with Crippen molar-refractivity contribution in [3.8, 4) is 0 Å². The standard InChI is InChI=1S/C20H23ClN4O/c21-20-18(9-4-10-22-20)23-19(26)16-25-14-12-24(13-15-25)11-5-8-17-6-2-1-3-7-17/h1-10H,11-16H2,(H,23,26)/b8-5+. The first-order valence-corrected chi connectivity index (χ1v) is 9.15. The zero-order chi connectivity index (χ0) is 18.2. The number of pyridine rings is 1. The van der Waals surface area contributed by atoms with Gasteiger partial charge >= 0.3 is 0 Å². The van der Waals surface area contributed by atoms with Crippen LogP contribution in [0.15, 0.2) is 54.7 Å². The van der Waals surface area contributed by atoms with Gasteiger partial charge < -0.3 is 5.32 Å². The number of aromatic nitrogens is 1. The zero-order valence-corrected chi connectivity index (χ0v) is 15.4. The molecule has 1 aliphatic rings. The fourth-order valence-corrected chi connectivity index (χ4v) is 3.07. The molecule has 26 heavy (non-hydrogen) atoms. The van der Waals surface area contributed by atoms with Crippen LogP contribution in [0, 0.1) is 0 Å². The first-order chi connectivity index (χ1) is 12.7. The van der Waals surface area contributed by atoms with Gasteiger partial charge in [0, 0.05) is 38.9 Å². The van der Waals surface area contributed by atoms with E-state index in [1.54, 1.807) is 18.3 Å². The predicted molar refractivity (Wildman–Crippen MR) is 106 cm³/mol. The maximum absolute atomic E-state index is 12.2. The Hall–Kier alpha value is -2.21. The van der Waals surface area contributed by atoms with E-state index in [9.17, 15) is 4.79 Å². The molecule has 5 nitrogen and oxygen atoms in total. The SMILES string of the molecule is O=C(CN1CCN(C/C=C/c2ccccc2)CC1)Nc1cccnc1Cl.